The summed E-state index contributed by atoms with van der Waals surface area (Å²) in [5.74, 6) is -1.60. The van der Waals surface area contributed by atoms with Crippen LogP contribution in [0.4, 0.5) is 10.1 Å². The van der Waals surface area contributed by atoms with Crippen molar-refractivity contribution in [3.63, 3.8) is 0 Å². The van der Waals surface area contributed by atoms with Gasteiger partial charge in [-0.15, -0.1) is 0 Å². The van der Waals surface area contributed by atoms with Gasteiger partial charge in [0.15, 0.2) is 0 Å². The first-order chi connectivity index (χ1) is 21.5. The quantitative estimate of drug-likeness (QED) is 0.168. The summed E-state index contributed by atoms with van der Waals surface area (Å²) in [6.45, 7) is 3.08. The molecule has 0 spiro atoms. The molecule has 7 nitrogen and oxygen atoms in total. The van der Waals surface area contributed by atoms with E-state index in [-0.39, 0.29) is 40.5 Å². The molecule has 0 aliphatic heterocycles. The highest BCUT2D eigenvalue weighted by Crippen LogP contribution is 2.27. The molecule has 11 heteroatoms. The maximum Gasteiger partial charge on any atom is 0.264 e. The zero-order chi connectivity index (χ0) is 32.6. The number of nitrogens with one attached hydrogen (secondary N) is 1. The highest BCUT2D eigenvalue weighted by molar-refractivity contribution is 7.92. The van der Waals surface area contributed by atoms with Crippen molar-refractivity contribution < 1.29 is 22.4 Å². The molecular formula is C34H34Cl2FN3O4S. The van der Waals surface area contributed by atoms with Crippen LogP contribution in [-0.2, 0) is 32.6 Å². The van der Waals surface area contributed by atoms with Crippen LogP contribution in [0.1, 0.15) is 31.4 Å². The van der Waals surface area contributed by atoms with E-state index < -0.39 is 34.3 Å². The second-order valence-electron chi connectivity index (χ2n) is 10.6. The van der Waals surface area contributed by atoms with E-state index in [0.29, 0.717) is 17.0 Å². The number of carbonyl (C=O) groups excluding carboxylic acids is 2. The third-order valence-electron chi connectivity index (χ3n) is 7.33. The summed E-state index contributed by atoms with van der Waals surface area (Å²) in [7, 11) is -4.28. The lowest BCUT2D eigenvalue weighted by Crippen LogP contribution is -2.54. The lowest BCUT2D eigenvalue weighted by atomic mass is 10.0. The largest absolute Gasteiger partial charge is 0.352 e. The Morgan fingerprint density at radius 3 is 2.07 bits per heavy atom. The number of sulfonamides is 1. The number of rotatable bonds is 13. The molecule has 4 aromatic carbocycles. The van der Waals surface area contributed by atoms with Gasteiger partial charge in [-0.2, -0.15) is 0 Å². The van der Waals surface area contributed by atoms with Gasteiger partial charge in [0.2, 0.25) is 11.8 Å². The normalized spacial score (nSPS) is 12.6. The molecule has 0 unspecified atom stereocenters. The fraction of sp³-hybridized carbons (Fsp3) is 0.235. The van der Waals surface area contributed by atoms with Gasteiger partial charge in [0, 0.05) is 19.0 Å². The molecule has 236 valence electrons. The molecule has 0 radical (unpaired) electrons. The summed E-state index contributed by atoms with van der Waals surface area (Å²) in [4.78, 5) is 29.6. The number of amides is 2. The van der Waals surface area contributed by atoms with Crippen molar-refractivity contribution in [2.24, 2.45) is 0 Å². The van der Waals surface area contributed by atoms with Crippen LogP contribution in [0.2, 0.25) is 10.0 Å². The molecular weight excluding hydrogens is 636 g/mol. The van der Waals surface area contributed by atoms with E-state index in [0.717, 1.165) is 22.0 Å². The van der Waals surface area contributed by atoms with Crippen molar-refractivity contribution in [3.05, 3.63) is 130 Å². The topological polar surface area (TPSA) is 86.8 Å². The van der Waals surface area contributed by atoms with Crippen molar-refractivity contribution in [2.45, 2.75) is 50.2 Å². The Morgan fingerprint density at radius 1 is 0.844 bits per heavy atom. The second-order valence-corrected chi connectivity index (χ2v) is 13.3. The standard InChI is InChI=1S/C34H34Cl2FN3O4S/c1-3-24(2)38-34(42)32(21-25-10-6-4-7-11-25)39(22-26-14-19-30(35)31(36)20-26)33(41)23-40(28-17-15-27(37)16-18-28)45(43,44)29-12-8-5-9-13-29/h4-20,24,32H,3,21-23H2,1-2H3,(H,38,42)/t24-,32-/m0/s1. The molecule has 4 aromatic rings. The first-order valence-electron chi connectivity index (χ1n) is 14.4. The summed E-state index contributed by atoms with van der Waals surface area (Å²) in [6.07, 6.45) is 0.830. The molecule has 0 heterocycles. The van der Waals surface area contributed by atoms with Gasteiger partial charge in [-0.25, -0.2) is 12.8 Å². The first kappa shape index (κ1) is 34.0. The minimum atomic E-state index is -4.28. The third kappa shape index (κ3) is 8.84. The van der Waals surface area contributed by atoms with E-state index in [9.17, 15) is 22.4 Å². The minimum Gasteiger partial charge on any atom is -0.352 e. The molecule has 2 atom stereocenters. The van der Waals surface area contributed by atoms with E-state index >= 15 is 0 Å². The number of hydrogen-bond donors (Lipinski definition) is 1. The molecule has 4 rings (SSSR count). The van der Waals surface area contributed by atoms with E-state index in [1.807, 2.05) is 44.2 Å². The van der Waals surface area contributed by atoms with Crippen LogP contribution in [0.3, 0.4) is 0 Å². The molecule has 0 aliphatic carbocycles. The van der Waals surface area contributed by atoms with Crippen molar-refractivity contribution in [2.75, 3.05) is 10.8 Å². The van der Waals surface area contributed by atoms with Crippen molar-refractivity contribution >= 4 is 50.7 Å². The zero-order valence-corrected chi connectivity index (χ0v) is 27.2. The summed E-state index contributed by atoms with van der Waals surface area (Å²) >= 11 is 12.5. The van der Waals surface area contributed by atoms with Gasteiger partial charge < -0.3 is 10.2 Å². The lowest BCUT2D eigenvalue weighted by Gasteiger charge is -2.34. The molecule has 0 fully saturated rings. The van der Waals surface area contributed by atoms with Gasteiger partial charge >= 0.3 is 0 Å². The fourth-order valence-corrected chi connectivity index (χ4v) is 6.44. The Kier molecular flexibility index (Phi) is 11.6. The SMILES string of the molecule is CC[C@H](C)NC(=O)[C@H](Cc1ccccc1)N(Cc1ccc(Cl)c(Cl)c1)C(=O)CN(c1ccc(F)cc1)S(=O)(=O)c1ccccc1. The Bertz CT molecular complexity index is 1710. The van der Waals surface area contributed by atoms with Crippen LogP contribution in [0.15, 0.2) is 108 Å². The van der Waals surface area contributed by atoms with Gasteiger partial charge in [0.25, 0.3) is 10.0 Å². The number of hydrogen-bond acceptors (Lipinski definition) is 4. The van der Waals surface area contributed by atoms with Crippen LogP contribution in [0.5, 0.6) is 0 Å². The zero-order valence-electron chi connectivity index (χ0n) is 24.9. The highest BCUT2D eigenvalue weighted by atomic mass is 35.5. The van der Waals surface area contributed by atoms with Crippen LogP contribution in [-0.4, -0.2) is 43.8 Å². The number of benzene rings is 4. The summed E-state index contributed by atoms with van der Waals surface area (Å²) in [6, 6.07) is 25.4. The number of anilines is 1. The Labute approximate surface area is 273 Å². The molecule has 45 heavy (non-hydrogen) atoms. The average molecular weight is 671 g/mol. The van der Waals surface area contributed by atoms with Crippen molar-refractivity contribution in [1.29, 1.82) is 0 Å². The first-order valence-corrected chi connectivity index (χ1v) is 16.6. The van der Waals surface area contributed by atoms with Crippen LogP contribution < -0.4 is 9.62 Å². The molecule has 0 saturated heterocycles. The predicted octanol–water partition coefficient (Wildman–Crippen LogP) is 6.88. The predicted molar refractivity (Wildman–Crippen MR) is 176 cm³/mol. The van der Waals surface area contributed by atoms with Gasteiger partial charge in [0.1, 0.15) is 18.4 Å². The van der Waals surface area contributed by atoms with Gasteiger partial charge in [-0.1, -0.05) is 84.7 Å². The summed E-state index contributed by atoms with van der Waals surface area (Å²) in [5, 5.41) is 3.58. The number of halogens is 3. The monoisotopic (exact) mass is 669 g/mol. The van der Waals surface area contributed by atoms with Crippen molar-refractivity contribution in [1.82, 2.24) is 10.2 Å². The molecule has 0 bridgehead atoms. The average Bonchev–Trinajstić information content (AvgIpc) is 3.04. The number of carbonyl (C=O) groups is 2. The molecule has 0 saturated carbocycles. The van der Waals surface area contributed by atoms with Gasteiger partial charge in [-0.05, 0) is 73.0 Å². The molecule has 2 amide bonds. The fourth-order valence-electron chi connectivity index (χ4n) is 4.69. The maximum atomic E-state index is 14.4. The highest BCUT2D eigenvalue weighted by Gasteiger charge is 2.35. The number of nitrogens with zero attached hydrogens (tertiary/aromatic N) is 2. The van der Waals surface area contributed by atoms with E-state index in [4.69, 9.17) is 23.2 Å². The van der Waals surface area contributed by atoms with E-state index in [2.05, 4.69) is 5.32 Å². The summed E-state index contributed by atoms with van der Waals surface area (Å²) < 4.78 is 42.7. The maximum absolute atomic E-state index is 14.4. The van der Waals surface area contributed by atoms with Gasteiger partial charge in [-0.3, -0.25) is 13.9 Å². The Morgan fingerprint density at radius 2 is 1.47 bits per heavy atom. The van der Waals surface area contributed by atoms with E-state index in [1.54, 1.807) is 36.4 Å². The Hall–Kier alpha value is -3.92. The minimum absolute atomic E-state index is 0.0477. The van der Waals surface area contributed by atoms with E-state index in [1.165, 1.54) is 29.2 Å². The molecule has 0 aliphatic rings. The smallest absolute Gasteiger partial charge is 0.264 e. The van der Waals surface area contributed by atoms with Crippen LogP contribution >= 0.6 is 23.2 Å². The lowest BCUT2D eigenvalue weighted by molar-refractivity contribution is -0.140. The third-order valence-corrected chi connectivity index (χ3v) is 9.86. The van der Waals surface area contributed by atoms with Crippen LogP contribution in [0, 0.1) is 5.82 Å². The Balaban J connectivity index is 1.81. The van der Waals surface area contributed by atoms with Gasteiger partial charge in [0.05, 0.1) is 20.6 Å². The van der Waals surface area contributed by atoms with Crippen molar-refractivity contribution in [3.8, 4) is 0 Å². The second kappa shape index (κ2) is 15.4. The van der Waals surface area contributed by atoms with Crippen LogP contribution in [0.25, 0.3) is 0 Å². The molecule has 1 N–H and O–H groups in total. The molecule has 0 aromatic heterocycles. The summed E-state index contributed by atoms with van der Waals surface area (Å²) in [5.41, 5.74) is 1.49.